The molecular formula is C13H16N4O3. The fourth-order valence-electron chi connectivity index (χ4n) is 1.81. The highest BCUT2D eigenvalue weighted by molar-refractivity contribution is 6.07. The molecule has 0 bridgehead atoms. The van der Waals surface area contributed by atoms with Gasteiger partial charge in [-0.1, -0.05) is 0 Å². The number of amides is 1. The second-order valence-corrected chi connectivity index (χ2v) is 4.25. The summed E-state index contributed by atoms with van der Waals surface area (Å²) in [6, 6.07) is 1.60. The normalized spacial score (nSPS) is 10.3. The third kappa shape index (κ3) is 2.71. The lowest BCUT2D eigenvalue weighted by molar-refractivity contribution is 0.0527. The maximum absolute atomic E-state index is 12.0. The predicted octanol–water partition coefficient (Wildman–Crippen LogP) is 1.49. The standard InChI is InChI=1S/C13H16N4O3/c1-4-20-13(19)11-8(2)14-7-10(11)15-12(18)9-5-6-17(3)16-9/h5-7,14H,4H2,1-3H3,(H,15,18). The van der Waals surface area contributed by atoms with E-state index in [-0.39, 0.29) is 18.2 Å². The van der Waals surface area contributed by atoms with Crippen LogP contribution in [0.5, 0.6) is 0 Å². The zero-order chi connectivity index (χ0) is 14.7. The Balaban J connectivity index is 2.22. The van der Waals surface area contributed by atoms with Crippen molar-refractivity contribution in [3.8, 4) is 0 Å². The largest absolute Gasteiger partial charge is 0.462 e. The lowest BCUT2D eigenvalue weighted by Crippen LogP contribution is -2.16. The van der Waals surface area contributed by atoms with E-state index in [1.807, 2.05) is 0 Å². The summed E-state index contributed by atoms with van der Waals surface area (Å²) in [5.41, 5.74) is 1.63. The zero-order valence-corrected chi connectivity index (χ0v) is 11.6. The number of H-pyrrole nitrogens is 1. The third-order valence-corrected chi connectivity index (χ3v) is 2.75. The van der Waals surface area contributed by atoms with E-state index < -0.39 is 5.97 Å². The number of aromatic nitrogens is 3. The van der Waals surface area contributed by atoms with Gasteiger partial charge in [0.1, 0.15) is 5.56 Å². The Kier molecular flexibility index (Phi) is 3.88. The van der Waals surface area contributed by atoms with Crippen LogP contribution in [-0.2, 0) is 11.8 Å². The number of ether oxygens (including phenoxy) is 1. The van der Waals surface area contributed by atoms with E-state index in [2.05, 4.69) is 15.4 Å². The number of anilines is 1. The number of carbonyl (C=O) groups excluding carboxylic acids is 2. The Hall–Kier alpha value is -2.57. The molecule has 0 saturated carbocycles. The molecule has 7 nitrogen and oxygen atoms in total. The van der Waals surface area contributed by atoms with Crippen LogP contribution in [0.3, 0.4) is 0 Å². The summed E-state index contributed by atoms with van der Waals surface area (Å²) >= 11 is 0. The number of hydrogen-bond donors (Lipinski definition) is 2. The van der Waals surface area contributed by atoms with Crippen molar-refractivity contribution in [3.63, 3.8) is 0 Å². The molecule has 2 aromatic rings. The fraction of sp³-hybridized carbons (Fsp3) is 0.308. The first-order valence-electron chi connectivity index (χ1n) is 6.19. The minimum absolute atomic E-state index is 0.275. The third-order valence-electron chi connectivity index (χ3n) is 2.75. The maximum Gasteiger partial charge on any atom is 0.342 e. The van der Waals surface area contributed by atoms with Crippen LogP contribution >= 0.6 is 0 Å². The summed E-state index contributed by atoms with van der Waals surface area (Å²) < 4.78 is 6.50. The van der Waals surface area contributed by atoms with E-state index in [0.717, 1.165) is 0 Å². The molecule has 0 aliphatic rings. The highest BCUT2D eigenvalue weighted by Gasteiger charge is 2.20. The number of aryl methyl sites for hydroxylation is 2. The SMILES string of the molecule is CCOC(=O)c1c(NC(=O)c2ccn(C)n2)c[nH]c1C. The molecule has 1 amide bonds. The summed E-state index contributed by atoms with van der Waals surface area (Å²) in [7, 11) is 1.72. The highest BCUT2D eigenvalue weighted by atomic mass is 16.5. The molecule has 0 aliphatic heterocycles. The quantitative estimate of drug-likeness (QED) is 0.828. The molecule has 106 valence electrons. The van der Waals surface area contributed by atoms with Gasteiger partial charge in [-0.2, -0.15) is 5.10 Å². The summed E-state index contributed by atoms with van der Waals surface area (Å²) in [5, 5.41) is 6.66. The molecule has 0 aromatic carbocycles. The van der Waals surface area contributed by atoms with Gasteiger partial charge < -0.3 is 15.0 Å². The van der Waals surface area contributed by atoms with E-state index in [1.165, 1.54) is 4.68 Å². The Labute approximate surface area is 115 Å². The van der Waals surface area contributed by atoms with Crippen LogP contribution in [0.15, 0.2) is 18.5 Å². The van der Waals surface area contributed by atoms with Crippen molar-refractivity contribution in [1.29, 1.82) is 0 Å². The first-order valence-corrected chi connectivity index (χ1v) is 6.19. The molecule has 2 rings (SSSR count). The van der Waals surface area contributed by atoms with Crippen molar-refractivity contribution < 1.29 is 14.3 Å². The molecule has 2 aromatic heterocycles. The van der Waals surface area contributed by atoms with Crippen molar-refractivity contribution in [3.05, 3.63) is 35.4 Å². The van der Waals surface area contributed by atoms with Gasteiger partial charge in [-0.05, 0) is 19.9 Å². The number of esters is 1. The fourth-order valence-corrected chi connectivity index (χ4v) is 1.81. The van der Waals surface area contributed by atoms with Gasteiger partial charge in [-0.15, -0.1) is 0 Å². The monoisotopic (exact) mass is 276 g/mol. The van der Waals surface area contributed by atoms with E-state index in [9.17, 15) is 9.59 Å². The topological polar surface area (TPSA) is 89.0 Å². The van der Waals surface area contributed by atoms with Gasteiger partial charge in [-0.25, -0.2) is 4.79 Å². The van der Waals surface area contributed by atoms with Gasteiger partial charge in [0, 0.05) is 25.1 Å². The Morgan fingerprint density at radius 1 is 1.50 bits per heavy atom. The van der Waals surface area contributed by atoms with E-state index in [1.54, 1.807) is 39.4 Å². The van der Waals surface area contributed by atoms with Gasteiger partial charge >= 0.3 is 5.97 Å². The molecule has 2 N–H and O–H groups in total. The number of rotatable bonds is 4. The van der Waals surface area contributed by atoms with Crippen LogP contribution in [0, 0.1) is 6.92 Å². The van der Waals surface area contributed by atoms with Gasteiger partial charge in [0.15, 0.2) is 5.69 Å². The molecule has 0 aliphatic carbocycles. The average Bonchev–Trinajstić information content (AvgIpc) is 2.96. The number of carbonyl (C=O) groups is 2. The minimum Gasteiger partial charge on any atom is -0.462 e. The number of nitrogens with zero attached hydrogens (tertiary/aromatic N) is 2. The molecular weight excluding hydrogens is 260 g/mol. The summed E-state index contributed by atoms with van der Waals surface area (Å²) in [6.45, 7) is 3.74. The Bertz CT molecular complexity index is 642. The zero-order valence-electron chi connectivity index (χ0n) is 11.6. The molecule has 2 heterocycles. The number of nitrogens with one attached hydrogen (secondary N) is 2. The predicted molar refractivity (Wildman–Crippen MR) is 72.6 cm³/mol. The van der Waals surface area contributed by atoms with Gasteiger partial charge in [-0.3, -0.25) is 9.48 Å². The second-order valence-electron chi connectivity index (χ2n) is 4.25. The Morgan fingerprint density at radius 2 is 2.25 bits per heavy atom. The summed E-state index contributed by atoms with van der Waals surface area (Å²) in [6.07, 6.45) is 3.23. The van der Waals surface area contributed by atoms with Gasteiger partial charge in [0.25, 0.3) is 5.91 Å². The van der Waals surface area contributed by atoms with E-state index in [4.69, 9.17) is 4.74 Å². The van der Waals surface area contributed by atoms with E-state index in [0.29, 0.717) is 16.9 Å². The van der Waals surface area contributed by atoms with Crippen molar-refractivity contribution in [2.75, 3.05) is 11.9 Å². The van der Waals surface area contributed by atoms with E-state index >= 15 is 0 Å². The molecule has 0 unspecified atom stereocenters. The number of aromatic amines is 1. The molecule has 0 atom stereocenters. The summed E-state index contributed by atoms with van der Waals surface area (Å²) in [4.78, 5) is 26.8. The van der Waals surface area contributed by atoms with Crippen molar-refractivity contribution in [2.45, 2.75) is 13.8 Å². The van der Waals surface area contributed by atoms with Crippen LogP contribution in [0.1, 0.15) is 33.5 Å². The van der Waals surface area contributed by atoms with Gasteiger partial charge in [0.2, 0.25) is 0 Å². The smallest absolute Gasteiger partial charge is 0.342 e. The molecule has 0 fully saturated rings. The van der Waals surface area contributed by atoms with Gasteiger partial charge in [0.05, 0.1) is 12.3 Å². The highest BCUT2D eigenvalue weighted by Crippen LogP contribution is 2.20. The lowest BCUT2D eigenvalue weighted by Gasteiger charge is -2.06. The first-order chi connectivity index (χ1) is 9.52. The van der Waals surface area contributed by atoms with Crippen molar-refractivity contribution >= 4 is 17.6 Å². The maximum atomic E-state index is 12.0. The average molecular weight is 276 g/mol. The second kappa shape index (κ2) is 5.60. The van der Waals surface area contributed by atoms with Crippen LogP contribution in [-0.4, -0.2) is 33.2 Å². The molecule has 0 spiro atoms. The molecule has 7 heteroatoms. The first kappa shape index (κ1) is 13.9. The summed E-state index contributed by atoms with van der Waals surface area (Å²) in [5.74, 6) is -0.849. The van der Waals surface area contributed by atoms with Crippen LogP contribution in [0.2, 0.25) is 0 Å². The van der Waals surface area contributed by atoms with Crippen LogP contribution in [0.4, 0.5) is 5.69 Å². The number of hydrogen-bond acceptors (Lipinski definition) is 4. The molecule has 0 saturated heterocycles. The minimum atomic E-state index is -0.470. The molecule has 0 radical (unpaired) electrons. The van der Waals surface area contributed by atoms with Crippen molar-refractivity contribution in [1.82, 2.24) is 14.8 Å². The lowest BCUT2D eigenvalue weighted by atomic mass is 10.2. The molecule has 20 heavy (non-hydrogen) atoms. The van der Waals surface area contributed by atoms with Crippen LogP contribution in [0.25, 0.3) is 0 Å². The Morgan fingerprint density at radius 3 is 2.85 bits per heavy atom. The van der Waals surface area contributed by atoms with Crippen molar-refractivity contribution in [2.24, 2.45) is 7.05 Å². The van der Waals surface area contributed by atoms with Crippen LogP contribution < -0.4 is 5.32 Å².